The Balaban J connectivity index is 1.59. The third-order valence-corrected chi connectivity index (χ3v) is 4.50. The van der Waals surface area contributed by atoms with Crippen molar-refractivity contribution in [2.45, 2.75) is 5.16 Å². The second kappa shape index (κ2) is 7.87. The summed E-state index contributed by atoms with van der Waals surface area (Å²) in [5.41, 5.74) is 2.43. The molecule has 8 nitrogen and oxygen atoms in total. The summed E-state index contributed by atoms with van der Waals surface area (Å²) in [7, 11) is 3.93. The lowest BCUT2D eigenvalue weighted by Crippen LogP contribution is -2.16. The normalized spacial score (nSPS) is 10.5. The number of nitrogens with one attached hydrogen (secondary N) is 1. The van der Waals surface area contributed by atoms with Gasteiger partial charge in [0, 0.05) is 31.7 Å². The van der Waals surface area contributed by atoms with E-state index in [1.54, 1.807) is 12.3 Å². The molecule has 3 N–H and O–H groups in total. The lowest BCUT2D eigenvalue weighted by Gasteiger charge is -2.13. The van der Waals surface area contributed by atoms with Crippen LogP contribution in [0.1, 0.15) is 0 Å². The Hall–Kier alpha value is -3.07. The number of thioether (sulfide) groups is 1. The van der Waals surface area contributed by atoms with Crippen molar-refractivity contribution in [3.8, 4) is 11.5 Å². The first-order chi connectivity index (χ1) is 12.5. The second-order valence-corrected chi connectivity index (χ2v) is 6.61. The van der Waals surface area contributed by atoms with Crippen molar-refractivity contribution in [3.05, 3.63) is 48.7 Å². The van der Waals surface area contributed by atoms with Gasteiger partial charge in [0.25, 0.3) is 0 Å². The summed E-state index contributed by atoms with van der Waals surface area (Å²) in [5, 5.41) is 11.4. The number of amides is 1. The van der Waals surface area contributed by atoms with E-state index < -0.39 is 0 Å². The summed E-state index contributed by atoms with van der Waals surface area (Å²) in [6.45, 7) is 0. The van der Waals surface area contributed by atoms with Gasteiger partial charge in [0.15, 0.2) is 0 Å². The minimum Gasteiger partial charge on any atom is -0.378 e. The Morgan fingerprint density at radius 3 is 2.62 bits per heavy atom. The van der Waals surface area contributed by atoms with E-state index in [4.69, 9.17) is 5.84 Å². The number of pyridine rings is 1. The molecule has 134 valence electrons. The van der Waals surface area contributed by atoms with Gasteiger partial charge in [-0.25, -0.2) is 4.68 Å². The fourth-order valence-corrected chi connectivity index (χ4v) is 2.87. The van der Waals surface area contributed by atoms with Crippen LogP contribution in [0.25, 0.3) is 11.5 Å². The molecule has 3 rings (SSSR count). The third-order valence-electron chi connectivity index (χ3n) is 3.56. The fourth-order valence-electron chi connectivity index (χ4n) is 2.22. The number of carbonyl (C=O) groups is 1. The number of nitrogen functional groups attached to an aromatic ring is 1. The van der Waals surface area contributed by atoms with Crippen molar-refractivity contribution in [1.82, 2.24) is 19.9 Å². The van der Waals surface area contributed by atoms with Gasteiger partial charge in [0.2, 0.25) is 16.9 Å². The van der Waals surface area contributed by atoms with Gasteiger partial charge >= 0.3 is 0 Å². The van der Waals surface area contributed by atoms with Crippen LogP contribution in [-0.2, 0) is 4.79 Å². The van der Waals surface area contributed by atoms with Crippen molar-refractivity contribution < 1.29 is 4.79 Å². The molecule has 0 unspecified atom stereocenters. The van der Waals surface area contributed by atoms with Crippen LogP contribution in [0, 0.1) is 0 Å². The van der Waals surface area contributed by atoms with Gasteiger partial charge in [-0.05, 0) is 36.4 Å². The topological polar surface area (TPSA) is 102 Å². The molecule has 1 amide bonds. The zero-order valence-corrected chi connectivity index (χ0v) is 15.3. The van der Waals surface area contributed by atoms with E-state index in [-0.39, 0.29) is 11.7 Å². The van der Waals surface area contributed by atoms with E-state index in [2.05, 4.69) is 20.5 Å². The average molecular weight is 369 g/mol. The summed E-state index contributed by atoms with van der Waals surface area (Å²) in [4.78, 5) is 18.3. The smallest absolute Gasteiger partial charge is 0.234 e. The Morgan fingerprint density at radius 2 is 1.96 bits per heavy atom. The molecule has 0 aliphatic carbocycles. The number of aromatic nitrogens is 4. The predicted molar refractivity (Wildman–Crippen MR) is 104 cm³/mol. The molecule has 3 aromatic rings. The number of nitrogens with zero attached hydrogens (tertiary/aromatic N) is 5. The molecule has 0 radical (unpaired) electrons. The molecule has 0 atom stereocenters. The zero-order chi connectivity index (χ0) is 18.5. The van der Waals surface area contributed by atoms with Gasteiger partial charge in [0.05, 0.1) is 5.75 Å². The Bertz CT molecular complexity index is 878. The van der Waals surface area contributed by atoms with E-state index in [1.165, 1.54) is 16.4 Å². The molecule has 0 fully saturated rings. The molecule has 9 heteroatoms. The number of benzene rings is 1. The number of anilines is 2. The Morgan fingerprint density at radius 1 is 1.19 bits per heavy atom. The molecule has 2 heterocycles. The van der Waals surface area contributed by atoms with E-state index in [0.717, 1.165) is 11.4 Å². The molecule has 26 heavy (non-hydrogen) atoms. The number of rotatable bonds is 6. The van der Waals surface area contributed by atoms with Crippen molar-refractivity contribution in [3.63, 3.8) is 0 Å². The quantitative estimate of drug-likeness (QED) is 0.505. The highest BCUT2D eigenvalue weighted by Crippen LogP contribution is 2.20. The van der Waals surface area contributed by atoms with Crippen LogP contribution in [0.2, 0.25) is 0 Å². The summed E-state index contributed by atoms with van der Waals surface area (Å²) in [6, 6.07) is 13.1. The third kappa shape index (κ3) is 4.12. The van der Waals surface area contributed by atoms with Gasteiger partial charge in [-0.15, -0.1) is 10.2 Å². The van der Waals surface area contributed by atoms with Gasteiger partial charge in [-0.2, -0.15) is 0 Å². The zero-order valence-electron chi connectivity index (χ0n) is 14.5. The van der Waals surface area contributed by atoms with Crippen LogP contribution in [-0.4, -0.2) is 45.6 Å². The first-order valence-electron chi connectivity index (χ1n) is 7.86. The Kier molecular flexibility index (Phi) is 5.37. The maximum Gasteiger partial charge on any atom is 0.234 e. The fraction of sp³-hybridized carbons (Fsp3) is 0.176. The summed E-state index contributed by atoms with van der Waals surface area (Å²) in [5.74, 6) is 6.50. The molecule has 0 aliphatic heterocycles. The summed E-state index contributed by atoms with van der Waals surface area (Å²) >= 11 is 1.21. The number of hydrogen-bond acceptors (Lipinski definition) is 7. The van der Waals surface area contributed by atoms with Crippen molar-refractivity contribution >= 4 is 29.0 Å². The van der Waals surface area contributed by atoms with E-state index >= 15 is 0 Å². The highest BCUT2D eigenvalue weighted by Gasteiger charge is 2.14. The summed E-state index contributed by atoms with van der Waals surface area (Å²) in [6.07, 6.45) is 1.66. The monoisotopic (exact) mass is 369 g/mol. The lowest BCUT2D eigenvalue weighted by molar-refractivity contribution is -0.113. The SMILES string of the molecule is CN(C)c1ccc(NC(=O)CSc2nnc(-c3ccccn3)n2N)cc1. The van der Waals surface area contributed by atoms with Gasteiger partial charge in [-0.1, -0.05) is 17.8 Å². The predicted octanol–water partition coefficient (Wildman–Crippen LogP) is 1.85. The van der Waals surface area contributed by atoms with Crippen molar-refractivity contribution in [1.29, 1.82) is 0 Å². The van der Waals surface area contributed by atoms with Gasteiger partial charge in [0.1, 0.15) is 5.69 Å². The van der Waals surface area contributed by atoms with Gasteiger partial charge < -0.3 is 16.1 Å². The molecule has 0 aliphatic rings. The number of carbonyl (C=O) groups excluding carboxylic acids is 1. The summed E-state index contributed by atoms with van der Waals surface area (Å²) < 4.78 is 1.34. The molecular weight excluding hydrogens is 350 g/mol. The van der Waals surface area contributed by atoms with Crippen LogP contribution in [0.3, 0.4) is 0 Å². The first-order valence-corrected chi connectivity index (χ1v) is 8.85. The number of nitrogens with two attached hydrogens (primary N) is 1. The first kappa shape index (κ1) is 17.7. The average Bonchev–Trinajstić information content (AvgIpc) is 3.02. The van der Waals surface area contributed by atoms with Crippen LogP contribution < -0.4 is 16.1 Å². The van der Waals surface area contributed by atoms with E-state index in [0.29, 0.717) is 16.7 Å². The number of hydrogen-bond donors (Lipinski definition) is 2. The van der Waals surface area contributed by atoms with Crippen LogP contribution >= 0.6 is 11.8 Å². The Labute approximate surface area is 155 Å². The van der Waals surface area contributed by atoms with Crippen molar-refractivity contribution in [2.24, 2.45) is 0 Å². The van der Waals surface area contributed by atoms with Crippen LogP contribution in [0.5, 0.6) is 0 Å². The maximum absolute atomic E-state index is 12.1. The van der Waals surface area contributed by atoms with Crippen molar-refractivity contribution in [2.75, 3.05) is 35.9 Å². The van der Waals surface area contributed by atoms with Crippen LogP contribution in [0.15, 0.2) is 53.8 Å². The molecule has 0 spiro atoms. The van der Waals surface area contributed by atoms with E-state index in [9.17, 15) is 4.79 Å². The largest absolute Gasteiger partial charge is 0.378 e. The molecule has 0 bridgehead atoms. The molecule has 1 aromatic carbocycles. The molecule has 2 aromatic heterocycles. The van der Waals surface area contributed by atoms with E-state index in [1.807, 2.05) is 55.4 Å². The molecular formula is C17H19N7OS. The standard InChI is InChI=1S/C17H19N7OS/c1-23(2)13-8-6-12(7-9-13)20-15(25)11-26-17-22-21-16(24(17)18)14-5-3-4-10-19-14/h3-10H,11,18H2,1-2H3,(H,20,25). The van der Waals surface area contributed by atoms with Gasteiger partial charge in [-0.3, -0.25) is 9.78 Å². The minimum absolute atomic E-state index is 0.144. The second-order valence-electron chi connectivity index (χ2n) is 5.67. The minimum atomic E-state index is -0.144. The maximum atomic E-state index is 12.1. The highest BCUT2D eigenvalue weighted by molar-refractivity contribution is 7.99. The highest BCUT2D eigenvalue weighted by atomic mass is 32.2. The molecule has 0 saturated carbocycles. The molecule has 0 saturated heterocycles. The lowest BCUT2D eigenvalue weighted by atomic mass is 10.2. The van der Waals surface area contributed by atoms with Crippen LogP contribution in [0.4, 0.5) is 11.4 Å².